The molecule has 4 nitrogen and oxygen atoms in total. The highest BCUT2D eigenvalue weighted by atomic mass is 19.4. The topological polar surface area (TPSA) is 38.1 Å². The lowest BCUT2D eigenvalue weighted by Gasteiger charge is -2.26. The Morgan fingerprint density at radius 3 is 2.85 bits per heavy atom. The quantitative estimate of drug-likeness (QED) is 0.797. The molecule has 0 saturated carbocycles. The van der Waals surface area contributed by atoms with Gasteiger partial charge in [0, 0.05) is 31.7 Å². The molecule has 4 rings (SSSR count). The van der Waals surface area contributed by atoms with Crippen molar-refractivity contribution in [2.75, 3.05) is 13.1 Å². The second-order valence-electron chi connectivity index (χ2n) is 7.53. The first-order valence-electron chi connectivity index (χ1n) is 9.30. The number of nitrogens with zero attached hydrogens (tertiary/aromatic N) is 3. The monoisotopic (exact) mass is 377 g/mol. The van der Waals surface area contributed by atoms with Gasteiger partial charge < -0.3 is 9.47 Å². The predicted molar refractivity (Wildman–Crippen MR) is 94.3 cm³/mol. The minimum atomic E-state index is -4.35. The van der Waals surface area contributed by atoms with Crippen LogP contribution < -0.4 is 0 Å². The van der Waals surface area contributed by atoms with Crippen LogP contribution in [-0.4, -0.2) is 33.4 Å². The summed E-state index contributed by atoms with van der Waals surface area (Å²) in [5.74, 6) is -0.220. The zero-order chi connectivity index (χ0) is 19.2. The molecule has 2 aromatic rings. The van der Waals surface area contributed by atoms with E-state index in [0.717, 1.165) is 36.7 Å². The standard InChI is InChI=1S/C20H22F3N3O/c1-25-12-24-18-16(6-3-7-17(18)25)19(27)26-9-8-14(11-26)13-4-2-5-15(10-13)20(21,22)23/h2,4-5,10,12,14,16H,3,6-9,11H2,1H3. The van der Waals surface area contributed by atoms with Crippen molar-refractivity contribution in [3.63, 3.8) is 0 Å². The van der Waals surface area contributed by atoms with Gasteiger partial charge >= 0.3 is 6.18 Å². The van der Waals surface area contributed by atoms with Crippen molar-refractivity contribution in [2.24, 2.45) is 7.05 Å². The van der Waals surface area contributed by atoms with Gasteiger partial charge in [0.15, 0.2) is 0 Å². The summed E-state index contributed by atoms with van der Waals surface area (Å²) < 4.78 is 40.9. The number of carbonyl (C=O) groups excluding carboxylic acids is 1. The highest BCUT2D eigenvalue weighted by molar-refractivity contribution is 5.84. The van der Waals surface area contributed by atoms with Gasteiger partial charge in [0.1, 0.15) is 0 Å². The Morgan fingerprint density at radius 2 is 2.07 bits per heavy atom. The number of alkyl halides is 3. The SMILES string of the molecule is Cn1cnc2c1CCCC2C(=O)N1CCC(c2cccc(C(F)(F)F)c2)C1. The third-order valence-corrected chi connectivity index (χ3v) is 5.81. The highest BCUT2D eigenvalue weighted by Crippen LogP contribution is 2.36. The minimum Gasteiger partial charge on any atom is -0.341 e. The number of benzene rings is 1. The molecule has 2 aliphatic rings. The van der Waals surface area contributed by atoms with Gasteiger partial charge in [-0.2, -0.15) is 13.2 Å². The maximum atomic E-state index is 13.1. The first kappa shape index (κ1) is 18.1. The third kappa shape index (κ3) is 3.35. The summed E-state index contributed by atoms with van der Waals surface area (Å²) >= 11 is 0. The molecule has 2 unspecified atom stereocenters. The van der Waals surface area contributed by atoms with E-state index in [0.29, 0.717) is 25.1 Å². The normalized spacial score (nSPS) is 22.7. The Kier molecular flexibility index (Phi) is 4.48. The Morgan fingerprint density at radius 1 is 1.26 bits per heavy atom. The van der Waals surface area contributed by atoms with Crippen LogP contribution in [0.5, 0.6) is 0 Å². The number of aromatic nitrogens is 2. The van der Waals surface area contributed by atoms with Gasteiger partial charge in [-0.3, -0.25) is 4.79 Å². The van der Waals surface area contributed by atoms with E-state index in [9.17, 15) is 18.0 Å². The molecule has 7 heteroatoms. The molecule has 1 aliphatic heterocycles. The summed E-state index contributed by atoms with van der Waals surface area (Å²) in [4.78, 5) is 19.3. The van der Waals surface area contributed by atoms with Crippen molar-refractivity contribution in [1.82, 2.24) is 14.5 Å². The summed E-state index contributed by atoms with van der Waals surface area (Å²) in [6.07, 6.45) is 0.770. The number of imidazole rings is 1. The summed E-state index contributed by atoms with van der Waals surface area (Å²) in [6, 6.07) is 5.48. The summed E-state index contributed by atoms with van der Waals surface area (Å²) in [7, 11) is 1.94. The Bertz CT molecular complexity index is 858. The van der Waals surface area contributed by atoms with Crippen molar-refractivity contribution in [1.29, 1.82) is 0 Å². The number of halogens is 3. The number of aryl methyl sites for hydroxylation is 1. The fourth-order valence-corrected chi connectivity index (χ4v) is 4.34. The van der Waals surface area contributed by atoms with Gasteiger partial charge in [-0.15, -0.1) is 0 Å². The Hall–Kier alpha value is -2.31. The molecule has 0 radical (unpaired) electrons. The summed E-state index contributed by atoms with van der Waals surface area (Å²) in [6.45, 7) is 1.05. The lowest BCUT2D eigenvalue weighted by molar-refractivity contribution is -0.137. The largest absolute Gasteiger partial charge is 0.416 e. The predicted octanol–water partition coefficient (Wildman–Crippen LogP) is 3.87. The average Bonchev–Trinajstić information content (AvgIpc) is 3.28. The van der Waals surface area contributed by atoms with Gasteiger partial charge in [-0.1, -0.05) is 18.2 Å². The summed E-state index contributed by atoms with van der Waals surface area (Å²) in [5, 5.41) is 0. The van der Waals surface area contributed by atoms with E-state index in [1.165, 1.54) is 12.1 Å². The Labute approximate surface area is 156 Å². The lowest BCUT2D eigenvalue weighted by atomic mass is 9.88. The number of rotatable bonds is 2. The molecule has 27 heavy (non-hydrogen) atoms. The Balaban J connectivity index is 1.50. The van der Waals surface area contributed by atoms with Gasteiger partial charge in [0.25, 0.3) is 0 Å². The van der Waals surface area contributed by atoms with Crippen LogP contribution in [0.1, 0.15) is 53.6 Å². The van der Waals surface area contributed by atoms with Crippen LogP contribution in [-0.2, 0) is 24.4 Å². The molecule has 1 aromatic heterocycles. The van der Waals surface area contributed by atoms with Gasteiger partial charge in [-0.05, 0) is 37.3 Å². The molecule has 2 heterocycles. The molecule has 1 amide bonds. The number of carbonyl (C=O) groups is 1. The fourth-order valence-electron chi connectivity index (χ4n) is 4.34. The minimum absolute atomic E-state index is 0.0527. The first-order chi connectivity index (χ1) is 12.8. The number of hydrogen-bond donors (Lipinski definition) is 0. The number of amides is 1. The van der Waals surface area contributed by atoms with E-state index in [1.807, 2.05) is 11.6 Å². The molecular formula is C20H22F3N3O. The average molecular weight is 377 g/mol. The van der Waals surface area contributed by atoms with Crippen LogP contribution in [0.4, 0.5) is 13.2 Å². The summed E-state index contributed by atoms with van der Waals surface area (Å²) in [5.41, 5.74) is 2.02. The molecule has 144 valence electrons. The molecular weight excluding hydrogens is 355 g/mol. The van der Waals surface area contributed by atoms with Gasteiger partial charge in [0.05, 0.1) is 23.5 Å². The van der Waals surface area contributed by atoms with Gasteiger partial charge in [0.2, 0.25) is 5.91 Å². The van der Waals surface area contributed by atoms with Crippen molar-refractivity contribution >= 4 is 5.91 Å². The molecule has 1 saturated heterocycles. The van der Waals surface area contributed by atoms with E-state index in [4.69, 9.17) is 0 Å². The maximum Gasteiger partial charge on any atom is 0.416 e. The van der Waals surface area contributed by atoms with Crippen LogP contribution in [0.25, 0.3) is 0 Å². The van der Waals surface area contributed by atoms with Crippen molar-refractivity contribution in [3.05, 3.63) is 53.1 Å². The molecule has 1 aromatic carbocycles. The fraction of sp³-hybridized carbons (Fsp3) is 0.500. The first-order valence-corrected chi connectivity index (χ1v) is 9.30. The molecule has 0 N–H and O–H groups in total. The zero-order valence-corrected chi connectivity index (χ0v) is 15.2. The van der Waals surface area contributed by atoms with Crippen LogP contribution in [0.2, 0.25) is 0 Å². The molecule has 0 spiro atoms. The number of likely N-dealkylation sites (tertiary alicyclic amines) is 1. The van der Waals surface area contributed by atoms with Crippen molar-refractivity contribution < 1.29 is 18.0 Å². The smallest absolute Gasteiger partial charge is 0.341 e. The second-order valence-corrected chi connectivity index (χ2v) is 7.53. The molecule has 1 fully saturated rings. The van der Waals surface area contributed by atoms with E-state index in [-0.39, 0.29) is 17.7 Å². The van der Waals surface area contributed by atoms with Crippen molar-refractivity contribution in [3.8, 4) is 0 Å². The molecule has 0 bridgehead atoms. The lowest BCUT2D eigenvalue weighted by Crippen LogP contribution is -2.35. The zero-order valence-electron chi connectivity index (χ0n) is 15.2. The third-order valence-electron chi connectivity index (χ3n) is 5.81. The number of fused-ring (bicyclic) bond motifs is 1. The maximum absolute atomic E-state index is 13.1. The van der Waals surface area contributed by atoms with Crippen LogP contribution in [0.15, 0.2) is 30.6 Å². The van der Waals surface area contributed by atoms with E-state index in [2.05, 4.69) is 4.98 Å². The van der Waals surface area contributed by atoms with E-state index < -0.39 is 11.7 Å². The molecule has 2 atom stereocenters. The van der Waals surface area contributed by atoms with E-state index >= 15 is 0 Å². The van der Waals surface area contributed by atoms with E-state index in [1.54, 1.807) is 17.3 Å². The van der Waals surface area contributed by atoms with Crippen molar-refractivity contribution in [2.45, 2.75) is 43.7 Å². The van der Waals surface area contributed by atoms with Crippen LogP contribution in [0.3, 0.4) is 0 Å². The van der Waals surface area contributed by atoms with Crippen LogP contribution in [0, 0.1) is 0 Å². The molecule has 1 aliphatic carbocycles. The number of hydrogen-bond acceptors (Lipinski definition) is 2. The van der Waals surface area contributed by atoms with Gasteiger partial charge in [-0.25, -0.2) is 4.98 Å². The van der Waals surface area contributed by atoms with Crippen LogP contribution >= 0.6 is 0 Å². The second kappa shape index (κ2) is 6.69. The highest BCUT2D eigenvalue weighted by Gasteiger charge is 2.37.